The molecule has 2 N–H and O–H groups in total. The minimum absolute atomic E-state index is 0.550. The van der Waals surface area contributed by atoms with Gasteiger partial charge < -0.3 is 10.5 Å². The highest BCUT2D eigenvalue weighted by atomic mass is 35.5. The SMILES string of the molecule is NCc1sc2ccccc2c1COCc1cccc(Cl)c1. The highest BCUT2D eigenvalue weighted by Gasteiger charge is 2.10. The molecule has 2 aromatic carbocycles. The molecular formula is C17H16ClNOS. The van der Waals surface area contributed by atoms with Gasteiger partial charge in [-0.2, -0.15) is 0 Å². The molecule has 0 aliphatic rings. The maximum absolute atomic E-state index is 5.98. The number of benzene rings is 2. The lowest BCUT2D eigenvalue weighted by Gasteiger charge is -2.06. The van der Waals surface area contributed by atoms with Crippen molar-refractivity contribution in [3.05, 3.63) is 69.6 Å². The molecule has 108 valence electrons. The van der Waals surface area contributed by atoms with E-state index in [-0.39, 0.29) is 0 Å². The van der Waals surface area contributed by atoms with Crippen LogP contribution < -0.4 is 5.73 Å². The molecule has 0 fully saturated rings. The largest absolute Gasteiger partial charge is 0.372 e. The van der Waals surface area contributed by atoms with Gasteiger partial charge in [0.15, 0.2) is 0 Å². The molecule has 4 heteroatoms. The van der Waals surface area contributed by atoms with Gasteiger partial charge in [-0.15, -0.1) is 11.3 Å². The number of thiophene rings is 1. The third-order valence-corrected chi connectivity index (χ3v) is 4.84. The topological polar surface area (TPSA) is 35.2 Å². The highest BCUT2D eigenvalue weighted by Crippen LogP contribution is 2.31. The van der Waals surface area contributed by atoms with Gasteiger partial charge in [0.05, 0.1) is 13.2 Å². The molecule has 0 amide bonds. The molecule has 0 atom stereocenters. The Labute approximate surface area is 133 Å². The first-order valence-corrected chi connectivity index (χ1v) is 7.99. The average Bonchev–Trinajstić information content (AvgIpc) is 2.86. The Hall–Kier alpha value is -1.39. The third-order valence-electron chi connectivity index (χ3n) is 3.37. The van der Waals surface area contributed by atoms with E-state index in [1.807, 2.05) is 24.3 Å². The average molecular weight is 318 g/mol. The van der Waals surface area contributed by atoms with Gasteiger partial charge in [-0.3, -0.25) is 0 Å². The summed E-state index contributed by atoms with van der Waals surface area (Å²) in [6, 6.07) is 16.1. The second-order valence-corrected chi connectivity index (χ2v) is 6.40. The van der Waals surface area contributed by atoms with Crippen molar-refractivity contribution in [2.45, 2.75) is 19.8 Å². The van der Waals surface area contributed by atoms with Crippen LogP contribution in [0.1, 0.15) is 16.0 Å². The Morgan fingerprint density at radius 3 is 2.71 bits per heavy atom. The molecule has 0 bridgehead atoms. The van der Waals surface area contributed by atoms with E-state index in [0.717, 1.165) is 10.6 Å². The van der Waals surface area contributed by atoms with E-state index >= 15 is 0 Å². The summed E-state index contributed by atoms with van der Waals surface area (Å²) >= 11 is 7.73. The summed E-state index contributed by atoms with van der Waals surface area (Å²) in [4.78, 5) is 1.20. The number of hydrogen-bond donors (Lipinski definition) is 1. The summed E-state index contributed by atoms with van der Waals surface area (Å²) in [7, 11) is 0. The van der Waals surface area contributed by atoms with Crippen molar-refractivity contribution in [2.75, 3.05) is 0 Å². The summed E-state index contributed by atoms with van der Waals surface area (Å²) in [5.74, 6) is 0. The Morgan fingerprint density at radius 1 is 1.05 bits per heavy atom. The normalized spacial score (nSPS) is 11.1. The van der Waals surface area contributed by atoms with Crippen molar-refractivity contribution in [1.29, 1.82) is 0 Å². The molecule has 0 aliphatic heterocycles. The lowest BCUT2D eigenvalue weighted by Crippen LogP contribution is -2.00. The number of ether oxygens (including phenoxy) is 1. The number of rotatable bonds is 5. The van der Waals surface area contributed by atoms with Crippen molar-refractivity contribution in [1.82, 2.24) is 0 Å². The lowest BCUT2D eigenvalue weighted by atomic mass is 10.1. The standard InChI is InChI=1S/C17H16ClNOS/c18-13-5-3-4-12(8-13)10-20-11-15-14-6-1-2-7-16(14)21-17(15)9-19/h1-8H,9-11,19H2. The molecule has 0 aliphatic carbocycles. The third kappa shape index (κ3) is 3.27. The molecule has 0 saturated heterocycles. The van der Waals surface area contributed by atoms with Gasteiger partial charge in [0.25, 0.3) is 0 Å². The predicted octanol–water partition coefficient (Wildman–Crippen LogP) is 4.73. The molecule has 0 unspecified atom stereocenters. The fourth-order valence-corrected chi connectivity index (χ4v) is 3.67. The van der Waals surface area contributed by atoms with Crippen LogP contribution in [0.5, 0.6) is 0 Å². The van der Waals surface area contributed by atoms with E-state index in [0.29, 0.717) is 19.8 Å². The highest BCUT2D eigenvalue weighted by molar-refractivity contribution is 7.19. The summed E-state index contributed by atoms with van der Waals surface area (Å²) in [5, 5.41) is 1.98. The second kappa shape index (κ2) is 6.58. The van der Waals surface area contributed by atoms with Crippen LogP contribution in [-0.2, 0) is 24.5 Å². The van der Waals surface area contributed by atoms with Crippen LogP contribution in [0.15, 0.2) is 48.5 Å². The van der Waals surface area contributed by atoms with E-state index < -0.39 is 0 Å². The van der Waals surface area contributed by atoms with Crippen LogP contribution in [0.2, 0.25) is 5.02 Å². The van der Waals surface area contributed by atoms with Crippen molar-refractivity contribution in [3.8, 4) is 0 Å². The van der Waals surface area contributed by atoms with E-state index in [1.165, 1.54) is 20.5 Å². The summed E-state index contributed by atoms with van der Waals surface area (Å²) < 4.78 is 7.13. The maximum Gasteiger partial charge on any atom is 0.0738 e. The monoisotopic (exact) mass is 317 g/mol. The van der Waals surface area contributed by atoms with Gasteiger partial charge in [0.1, 0.15) is 0 Å². The molecule has 0 radical (unpaired) electrons. The summed E-state index contributed by atoms with van der Waals surface area (Å²) in [5.41, 5.74) is 8.14. The van der Waals surface area contributed by atoms with E-state index in [1.54, 1.807) is 11.3 Å². The summed E-state index contributed by atoms with van der Waals surface area (Å²) in [6.07, 6.45) is 0. The maximum atomic E-state index is 5.98. The van der Waals surface area contributed by atoms with Crippen LogP contribution in [-0.4, -0.2) is 0 Å². The number of halogens is 1. The lowest BCUT2D eigenvalue weighted by molar-refractivity contribution is 0.108. The van der Waals surface area contributed by atoms with E-state index in [4.69, 9.17) is 22.1 Å². The van der Waals surface area contributed by atoms with E-state index in [9.17, 15) is 0 Å². The number of hydrogen-bond acceptors (Lipinski definition) is 3. The van der Waals surface area contributed by atoms with Gasteiger partial charge in [-0.05, 0) is 29.1 Å². The minimum atomic E-state index is 0.550. The number of nitrogens with two attached hydrogens (primary N) is 1. The van der Waals surface area contributed by atoms with Crippen LogP contribution in [0.4, 0.5) is 0 Å². The molecule has 1 heterocycles. The Kier molecular flexibility index (Phi) is 4.56. The molecule has 0 saturated carbocycles. The molecule has 2 nitrogen and oxygen atoms in total. The van der Waals surface area contributed by atoms with Crippen LogP contribution in [0.25, 0.3) is 10.1 Å². The van der Waals surface area contributed by atoms with E-state index in [2.05, 4.69) is 24.3 Å². The predicted molar refractivity (Wildman–Crippen MR) is 89.7 cm³/mol. The van der Waals surface area contributed by atoms with Crippen molar-refractivity contribution >= 4 is 33.0 Å². The fraction of sp³-hybridized carbons (Fsp3) is 0.176. The first-order chi connectivity index (χ1) is 10.3. The molecule has 21 heavy (non-hydrogen) atoms. The molecule has 0 spiro atoms. The van der Waals surface area contributed by atoms with Gasteiger partial charge in [-0.25, -0.2) is 0 Å². The first-order valence-electron chi connectivity index (χ1n) is 6.79. The minimum Gasteiger partial charge on any atom is -0.372 e. The Balaban J connectivity index is 1.75. The number of fused-ring (bicyclic) bond motifs is 1. The molecule has 3 rings (SSSR count). The van der Waals surface area contributed by atoms with Crippen molar-refractivity contribution in [2.24, 2.45) is 5.73 Å². The summed E-state index contributed by atoms with van der Waals surface area (Å²) in [6.45, 7) is 1.67. The van der Waals surface area contributed by atoms with Crippen molar-refractivity contribution < 1.29 is 4.74 Å². The molecular weight excluding hydrogens is 302 g/mol. The van der Waals surface area contributed by atoms with Crippen LogP contribution in [0.3, 0.4) is 0 Å². The van der Waals surface area contributed by atoms with Crippen LogP contribution in [0, 0.1) is 0 Å². The zero-order valence-electron chi connectivity index (χ0n) is 11.5. The van der Waals surface area contributed by atoms with Crippen molar-refractivity contribution in [3.63, 3.8) is 0 Å². The molecule has 1 aromatic heterocycles. The van der Waals surface area contributed by atoms with Gasteiger partial charge >= 0.3 is 0 Å². The second-order valence-electron chi connectivity index (χ2n) is 4.83. The van der Waals surface area contributed by atoms with Gasteiger partial charge in [0, 0.05) is 26.7 Å². The smallest absolute Gasteiger partial charge is 0.0738 e. The Bertz CT molecular complexity index is 753. The fourth-order valence-electron chi connectivity index (χ4n) is 2.37. The Morgan fingerprint density at radius 2 is 1.90 bits per heavy atom. The van der Waals surface area contributed by atoms with Gasteiger partial charge in [-0.1, -0.05) is 41.9 Å². The first kappa shape index (κ1) is 14.5. The zero-order valence-corrected chi connectivity index (χ0v) is 13.1. The zero-order chi connectivity index (χ0) is 14.7. The van der Waals surface area contributed by atoms with Crippen LogP contribution >= 0.6 is 22.9 Å². The quantitative estimate of drug-likeness (QED) is 0.738. The van der Waals surface area contributed by atoms with Gasteiger partial charge in [0.2, 0.25) is 0 Å². The molecule has 3 aromatic rings.